The number of nitrogens with zero attached hydrogens (tertiary/aromatic N) is 3. The van der Waals surface area contributed by atoms with E-state index in [2.05, 4.69) is 9.55 Å². The van der Waals surface area contributed by atoms with Crippen molar-refractivity contribution in [2.45, 2.75) is 33.2 Å². The van der Waals surface area contributed by atoms with Gasteiger partial charge in [0.25, 0.3) is 0 Å². The van der Waals surface area contributed by atoms with Gasteiger partial charge in [0.2, 0.25) is 11.9 Å². The van der Waals surface area contributed by atoms with Crippen LogP contribution >= 0.6 is 0 Å². The normalized spacial score (nSPS) is 13.2. The molecule has 1 aromatic heterocycles. The number of Topliss-reactive ketones (excluding diaryl/α,β-unsaturated/α-hetero) is 1. The van der Waals surface area contributed by atoms with Crippen LogP contribution in [0.1, 0.15) is 34.3 Å². The Labute approximate surface area is 152 Å². The largest absolute Gasteiger partial charge is 0.308 e. The molecule has 0 bridgehead atoms. The van der Waals surface area contributed by atoms with Gasteiger partial charge in [-0.15, -0.1) is 0 Å². The molecule has 4 rings (SSSR count). The molecule has 0 aliphatic carbocycles. The number of benzene rings is 2. The minimum absolute atomic E-state index is 0.0206. The van der Waals surface area contributed by atoms with Crippen molar-refractivity contribution in [1.82, 2.24) is 9.55 Å². The summed E-state index contributed by atoms with van der Waals surface area (Å²) >= 11 is 0. The van der Waals surface area contributed by atoms with Gasteiger partial charge in [-0.1, -0.05) is 29.8 Å². The van der Waals surface area contributed by atoms with Gasteiger partial charge >= 0.3 is 0 Å². The smallest absolute Gasteiger partial charge is 0.229 e. The number of para-hydroxylation sites is 2. The van der Waals surface area contributed by atoms with Gasteiger partial charge in [0.1, 0.15) is 0 Å². The van der Waals surface area contributed by atoms with Crippen LogP contribution in [0.3, 0.4) is 0 Å². The first-order valence-corrected chi connectivity index (χ1v) is 8.90. The fourth-order valence-corrected chi connectivity index (χ4v) is 3.55. The predicted molar refractivity (Wildman–Crippen MR) is 102 cm³/mol. The molecule has 0 fully saturated rings. The summed E-state index contributed by atoms with van der Waals surface area (Å²) in [6.45, 7) is 5.25. The highest BCUT2D eigenvalue weighted by atomic mass is 16.2. The lowest BCUT2D eigenvalue weighted by Crippen LogP contribution is -2.29. The SMILES string of the molecule is Cc1ccc(C)c(C(=O)CCC(=O)N2CCn3c2nc2ccccc23)c1. The maximum Gasteiger partial charge on any atom is 0.229 e. The lowest BCUT2D eigenvalue weighted by atomic mass is 9.99. The van der Waals surface area contributed by atoms with Crippen LogP contribution in [0.5, 0.6) is 0 Å². The van der Waals surface area contributed by atoms with Crippen molar-refractivity contribution in [1.29, 1.82) is 0 Å². The van der Waals surface area contributed by atoms with Crippen LogP contribution < -0.4 is 4.90 Å². The highest BCUT2D eigenvalue weighted by Gasteiger charge is 2.28. The molecule has 0 spiro atoms. The Morgan fingerprint density at radius 1 is 1.04 bits per heavy atom. The number of hydrogen-bond donors (Lipinski definition) is 0. The Kier molecular flexibility index (Phi) is 4.07. The Morgan fingerprint density at radius 2 is 1.85 bits per heavy atom. The lowest BCUT2D eigenvalue weighted by molar-refractivity contribution is -0.118. The van der Waals surface area contributed by atoms with Crippen molar-refractivity contribution in [2.24, 2.45) is 0 Å². The van der Waals surface area contributed by atoms with Crippen LogP contribution in [-0.4, -0.2) is 27.8 Å². The number of amides is 1. The molecule has 1 aliphatic heterocycles. The highest BCUT2D eigenvalue weighted by Crippen LogP contribution is 2.27. The number of aromatic nitrogens is 2. The summed E-state index contributed by atoms with van der Waals surface area (Å²) in [6.07, 6.45) is 0.426. The Balaban J connectivity index is 1.48. The van der Waals surface area contributed by atoms with Crippen LogP contribution in [0, 0.1) is 13.8 Å². The molecule has 0 saturated carbocycles. The molecule has 5 nitrogen and oxygen atoms in total. The molecule has 3 aromatic rings. The van der Waals surface area contributed by atoms with Crippen molar-refractivity contribution in [3.8, 4) is 0 Å². The first-order chi connectivity index (χ1) is 12.5. The first-order valence-electron chi connectivity index (χ1n) is 8.90. The third-order valence-corrected chi connectivity index (χ3v) is 4.98. The molecule has 2 heterocycles. The number of aryl methyl sites for hydroxylation is 2. The van der Waals surface area contributed by atoms with Gasteiger partial charge in [0.15, 0.2) is 5.78 Å². The first kappa shape index (κ1) is 16.5. The number of hydrogen-bond acceptors (Lipinski definition) is 3. The van der Waals surface area contributed by atoms with Gasteiger partial charge in [-0.05, 0) is 37.6 Å². The van der Waals surface area contributed by atoms with Gasteiger partial charge < -0.3 is 4.57 Å². The minimum atomic E-state index is -0.0438. The fraction of sp³-hybridized carbons (Fsp3) is 0.286. The van der Waals surface area contributed by atoms with E-state index in [0.29, 0.717) is 18.1 Å². The molecule has 1 amide bonds. The lowest BCUT2D eigenvalue weighted by Gasteiger charge is -2.14. The molecule has 0 atom stereocenters. The number of ketones is 1. The Morgan fingerprint density at radius 3 is 2.69 bits per heavy atom. The maximum atomic E-state index is 12.7. The summed E-state index contributed by atoms with van der Waals surface area (Å²) in [5.41, 5.74) is 4.66. The van der Waals surface area contributed by atoms with Crippen molar-refractivity contribution in [2.75, 3.05) is 11.4 Å². The average molecular weight is 347 g/mol. The van der Waals surface area contributed by atoms with E-state index in [1.807, 2.05) is 56.3 Å². The zero-order valence-corrected chi connectivity index (χ0v) is 15.0. The monoisotopic (exact) mass is 347 g/mol. The fourth-order valence-electron chi connectivity index (χ4n) is 3.55. The second kappa shape index (κ2) is 6.41. The molecular weight excluding hydrogens is 326 g/mol. The van der Waals surface area contributed by atoms with E-state index in [4.69, 9.17) is 0 Å². The third-order valence-electron chi connectivity index (χ3n) is 4.98. The van der Waals surface area contributed by atoms with Crippen molar-refractivity contribution < 1.29 is 9.59 Å². The zero-order chi connectivity index (χ0) is 18.3. The van der Waals surface area contributed by atoms with E-state index in [0.717, 1.165) is 28.7 Å². The number of fused-ring (bicyclic) bond motifs is 3. The number of imidazole rings is 1. The predicted octanol–water partition coefficient (Wildman–Crippen LogP) is 3.66. The van der Waals surface area contributed by atoms with Crippen LogP contribution in [0.2, 0.25) is 0 Å². The summed E-state index contributed by atoms with van der Waals surface area (Å²) in [6, 6.07) is 13.7. The van der Waals surface area contributed by atoms with Crippen LogP contribution in [0.4, 0.5) is 5.95 Å². The van der Waals surface area contributed by atoms with Gasteiger partial charge in [0.05, 0.1) is 11.0 Å². The molecule has 26 heavy (non-hydrogen) atoms. The van der Waals surface area contributed by atoms with Gasteiger partial charge in [-0.25, -0.2) is 4.98 Å². The maximum absolute atomic E-state index is 12.7. The van der Waals surface area contributed by atoms with E-state index in [9.17, 15) is 9.59 Å². The molecule has 0 saturated heterocycles. The average Bonchev–Trinajstić information content (AvgIpc) is 3.20. The summed E-state index contributed by atoms with van der Waals surface area (Å²) in [4.78, 5) is 31.5. The molecule has 1 aliphatic rings. The van der Waals surface area contributed by atoms with E-state index in [1.54, 1.807) is 4.90 Å². The number of rotatable bonds is 4. The van der Waals surface area contributed by atoms with Gasteiger partial charge in [0, 0.05) is 31.5 Å². The van der Waals surface area contributed by atoms with Crippen molar-refractivity contribution >= 4 is 28.7 Å². The molecule has 0 N–H and O–H groups in total. The van der Waals surface area contributed by atoms with Crippen molar-refractivity contribution in [3.05, 3.63) is 59.2 Å². The summed E-state index contributed by atoms with van der Waals surface area (Å²) in [5, 5.41) is 0. The highest BCUT2D eigenvalue weighted by molar-refractivity contribution is 6.02. The topological polar surface area (TPSA) is 55.2 Å². The standard InChI is InChI=1S/C21H21N3O2/c1-14-7-8-15(2)16(13-14)19(25)9-10-20(26)24-12-11-23-18-6-4-3-5-17(18)22-21(23)24/h3-8,13H,9-12H2,1-2H3. The summed E-state index contributed by atoms with van der Waals surface area (Å²) in [5.74, 6) is 0.667. The van der Waals surface area contributed by atoms with Crippen LogP contribution in [0.15, 0.2) is 42.5 Å². The number of carbonyl (C=O) groups excluding carboxylic acids is 2. The van der Waals surface area contributed by atoms with Gasteiger partial charge in [-0.3, -0.25) is 14.5 Å². The Hall–Kier alpha value is -2.95. The third kappa shape index (κ3) is 2.79. The number of anilines is 1. The van der Waals surface area contributed by atoms with Gasteiger partial charge in [-0.2, -0.15) is 0 Å². The molecule has 5 heteroatoms. The summed E-state index contributed by atoms with van der Waals surface area (Å²) < 4.78 is 2.07. The van der Waals surface area contributed by atoms with Crippen LogP contribution in [0.25, 0.3) is 11.0 Å². The van der Waals surface area contributed by atoms with Crippen molar-refractivity contribution in [3.63, 3.8) is 0 Å². The molecule has 0 radical (unpaired) electrons. The van der Waals surface area contributed by atoms with E-state index >= 15 is 0 Å². The van der Waals surface area contributed by atoms with E-state index in [1.165, 1.54) is 0 Å². The van der Waals surface area contributed by atoms with E-state index < -0.39 is 0 Å². The van der Waals surface area contributed by atoms with E-state index in [-0.39, 0.29) is 24.5 Å². The quantitative estimate of drug-likeness (QED) is 0.677. The van der Waals surface area contributed by atoms with Crippen LogP contribution in [-0.2, 0) is 11.3 Å². The zero-order valence-electron chi connectivity index (χ0n) is 15.0. The second-order valence-electron chi connectivity index (χ2n) is 6.84. The molecule has 132 valence electrons. The Bertz CT molecular complexity index is 1020. The number of carbonyl (C=O) groups is 2. The summed E-state index contributed by atoms with van der Waals surface area (Å²) in [7, 11) is 0. The second-order valence-corrected chi connectivity index (χ2v) is 6.84. The molecule has 0 unspecified atom stereocenters. The minimum Gasteiger partial charge on any atom is -0.308 e. The molecular formula is C21H21N3O2. The molecule has 2 aromatic carbocycles.